The number of nitrogens with zero attached hydrogens (tertiary/aromatic N) is 3. The molecule has 4 nitrogen and oxygen atoms in total. The summed E-state index contributed by atoms with van der Waals surface area (Å²) in [4.78, 5) is 17.9. The van der Waals surface area contributed by atoms with Gasteiger partial charge in [0.1, 0.15) is 0 Å². The zero-order valence-corrected chi connectivity index (χ0v) is 10.4. The lowest BCUT2D eigenvalue weighted by Crippen LogP contribution is -2.54. The van der Waals surface area contributed by atoms with E-state index in [0.29, 0.717) is 12.6 Å². The van der Waals surface area contributed by atoms with E-state index < -0.39 is 0 Å². The molecule has 0 N–H and O–H groups in total. The maximum absolute atomic E-state index is 11.6. The van der Waals surface area contributed by atoms with Gasteiger partial charge in [-0.25, -0.2) is 0 Å². The molecule has 1 aliphatic heterocycles. The van der Waals surface area contributed by atoms with Gasteiger partial charge in [-0.05, 0) is 13.5 Å². The van der Waals surface area contributed by atoms with E-state index in [4.69, 9.17) is 0 Å². The topological polar surface area (TPSA) is 26.8 Å². The van der Waals surface area contributed by atoms with E-state index in [1.807, 2.05) is 14.1 Å². The summed E-state index contributed by atoms with van der Waals surface area (Å²) in [6, 6.07) is 0.489. The van der Waals surface area contributed by atoms with Crippen LogP contribution >= 0.6 is 0 Å². The van der Waals surface area contributed by atoms with Crippen molar-refractivity contribution in [3.05, 3.63) is 0 Å². The molecule has 1 aliphatic rings. The molecule has 1 saturated heterocycles. The molecule has 0 spiro atoms. The van der Waals surface area contributed by atoms with Gasteiger partial charge in [-0.2, -0.15) is 0 Å². The molecule has 15 heavy (non-hydrogen) atoms. The molecule has 0 radical (unpaired) electrons. The van der Waals surface area contributed by atoms with Crippen LogP contribution in [0.5, 0.6) is 0 Å². The Labute approximate surface area is 92.8 Å². The van der Waals surface area contributed by atoms with Crippen LogP contribution in [0.3, 0.4) is 0 Å². The molecule has 0 aliphatic carbocycles. The average Bonchev–Trinajstić information content (AvgIpc) is 2.20. The van der Waals surface area contributed by atoms with E-state index in [1.165, 1.54) is 0 Å². The van der Waals surface area contributed by atoms with E-state index in [0.717, 1.165) is 26.2 Å². The molecule has 1 fully saturated rings. The molecule has 1 atom stereocenters. The summed E-state index contributed by atoms with van der Waals surface area (Å²) in [7, 11) is 3.63. The van der Waals surface area contributed by atoms with Gasteiger partial charge in [0, 0.05) is 39.8 Å². The first-order valence-corrected chi connectivity index (χ1v) is 5.71. The fourth-order valence-electron chi connectivity index (χ4n) is 1.91. The van der Waals surface area contributed by atoms with Crippen molar-refractivity contribution < 1.29 is 4.79 Å². The molecular weight excluding hydrogens is 190 g/mol. The molecular formula is C11H23N3O. The summed E-state index contributed by atoms with van der Waals surface area (Å²) < 4.78 is 0. The zero-order valence-electron chi connectivity index (χ0n) is 10.4. The molecule has 0 bridgehead atoms. The van der Waals surface area contributed by atoms with E-state index in [-0.39, 0.29) is 5.91 Å². The summed E-state index contributed by atoms with van der Waals surface area (Å²) in [6.07, 6.45) is 0. The van der Waals surface area contributed by atoms with Crippen molar-refractivity contribution in [3.8, 4) is 0 Å². The minimum absolute atomic E-state index is 0.201. The Balaban J connectivity index is 2.41. The summed E-state index contributed by atoms with van der Waals surface area (Å²) in [5.74, 6) is 0.201. The first kappa shape index (κ1) is 12.5. The number of hydrogen-bond acceptors (Lipinski definition) is 3. The Morgan fingerprint density at radius 2 is 2.07 bits per heavy atom. The Morgan fingerprint density at radius 1 is 1.40 bits per heavy atom. The van der Waals surface area contributed by atoms with Gasteiger partial charge < -0.3 is 9.80 Å². The lowest BCUT2D eigenvalue weighted by molar-refractivity contribution is -0.131. The van der Waals surface area contributed by atoms with Gasteiger partial charge in [-0.1, -0.05) is 6.92 Å². The Morgan fingerprint density at radius 3 is 2.53 bits per heavy atom. The van der Waals surface area contributed by atoms with Gasteiger partial charge in [0.25, 0.3) is 0 Å². The monoisotopic (exact) mass is 213 g/mol. The second kappa shape index (κ2) is 5.47. The highest BCUT2D eigenvalue weighted by atomic mass is 16.2. The predicted molar refractivity (Wildman–Crippen MR) is 61.8 cm³/mol. The molecule has 0 aromatic carbocycles. The van der Waals surface area contributed by atoms with Crippen LogP contribution in [0.15, 0.2) is 0 Å². The van der Waals surface area contributed by atoms with Crippen LogP contribution in [0.25, 0.3) is 0 Å². The maximum Gasteiger partial charge on any atom is 0.236 e. The highest BCUT2D eigenvalue weighted by molar-refractivity contribution is 5.77. The fourth-order valence-corrected chi connectivity index (χ4v) is 1.91. The smallest absolute Gasteiger partial charge is 0.236 e. The van der Waals surface area contributed by atoms with Crippen molar-refractivity contribution in [1.82, 2.24) is 14.7 Å². The maximum atomic E-state index is 11.6. The molecule has 0 unspecified atom stereocenters. The normalized spacial score (nSPS) is 24.1. The Hall–Kier alpha value is -0.610. The summed E-state index contributed by atoms with van der Waals surface area (Å²) >= 11 is 0. The predicted octanol–water partition coefficient (Wildman–Crippen LogP) is 0.101. The number of carbonyl (C=O) groups excluding carboxylic acids is 1. The number of hydrogen-bond donors (Lipinski definition) is 0. The van der Waals surface area contributed by atoms with Gasteiger partial charge in [0.05, 0.1) is 6.54 Å². The lowest BCUT2D eigenvalue weighted by Gasteiger charge is -2.39. The van der Waals surface area contributed by atoms with E-state index in [9.17, 15) is 4.79 Å². The largest absolute Gasteiger partial charge is 0.348 e. The number of amides is 1. The summed E-state index contributed by atoms with van der Waals surface area (Å²) in [5.41, 5.74) is 0. The van der Waals surface area contributed by atoms with Gasteiger partial charge in [0.2, 0.25) is 5.91 Å². The van der Waals surface area contributed by atoms with Crippen molar-refractivity contribution in [2.75, 3.05) is 46.8 Å². The van der Waals surface area contributed by atoms with Crippen molar-refractivity contribution in [2.45, 2.75) is 19.9 Å². The zero-order chi connectivity index (χ0) is 11.4. The van der Waals surface area contributed by atoms with Crippen LogP contribution in [0.1, 0.15) is 13.8 Å². The van der Waals surface area contributed by atoms with Crippen molar-refractivity contribution in [2.24, 2.45) is 0 Å². The minimum atomic E-state index is 0.201. The van der Waals surface area contributed by atoms with Crippen LogP contribution in [0.2, 0.25) is 0 Å². The van der Waals surface area contributed by atoms with Crippen LogP contribution < -0.4 is 0 Å². The standard InChI is InChI=1S/C11H23N3O/c1-5-13-6-7-14(10(2)8-13)9-11(15)12(3)4/h10H,5-9H2,1-4H3/t10-/m1/s1. The average molecular weight is 213 g/mol. The molecule has 88 valence electrons. The van der Waals surface area contributed by atoms with Crippen LogP contribution in [0.4, 0.5) is 0 Å². The van der Waals surface area contributed by atoms with Gasteiger partial charge >= 0.3 is 0 Å². The molecule has 0 aromatic heterocycles. The molecule has 0 saturated carbocycles. The van der Waals surface area contributed by atoms with Crippen molar-refractivity contribution in [1.29, 1.82) is 0 Å². The number of likely N-dealkylation sites (N-methyl/N-ethyl adjacent to an activating group) is 2. The molecule has 1 rings (SSSR count). The summed E-state index contributed by atoms with van der Waals surface area (Å²) in [6.45, 7) is 9.23. The quantitative estimate of drug-likeness (QED) is 0.665. The van der Waals surface area contributed by atoms with Gasteiger partial charge in [0.15, 0.2) is 0 Å². The van der Waals surface area contributed by atoms with Crippen molar-refractivity contribution >= 4 is 5.91 Å². The first-order chi connectivity index (χ1) is 7.04. The molecule has 1 heterocycles. The van der Waals surface area contributed by atoms with E-state index in [2.05, 4.69) is 23.6 Å². The number of piperazine rings is 1. The third-order valence-corrected chi connectivity index (χ3v) is 3.13. The minimum Gasteiger partial charge on any atom is -0.348 e. The lowest BCUT2D eigenvalue weighted by atomic mass is 10.2. The van der Waals surface area contributed by atoms with Gasteiger partial charge in [-0.15, -0.1) is 0 Å². The first-order valence-electron chi connectivity index (χ1n) is 5.71. The highest BCUT2D eigenvalue weighted by Crippen LogP contribution is 2.08. The van der Waals surface area contributed by atoms with Crippen LogP contribution in [-0.2, 0) is 4.79 Å². The fraction of sp³-hybridized carbons (Fsp3) is 0.909. The van der Waals surface area contributed by atoms with Gasteiger partial charge in [-0.3, -0.25) is 9.69 Å². The number of carbonyl (C=O) groups is 1. The second-order valence-electron chi connectivity index (χ2n) is 4.50. The Bertz CT molecular complexity index is 218. The summed E-state index contributed by atoms with van der Waals surface area (Å²) in [5, 5.41) is 0. The molecule has 1 amide bonds. The van der Waals surface area contributed by atoms with Crippen LogP contribution in [0, 0.1) is 0 Å². The van der Waals surface area contributed by atoms with Crippen LogP contribution in [-0.4, -0.2) is 73.5 Å². The SMILES string of the molecule is CCN1CCN(CC(=O)N(C)C)[C@H](C)C1. The third-order valence-electron chi connectivity index (χ3n) is 3.13. The van der Waals surface area contributed by atoms with Crippen molar-refractivity contribution in [3.63, 3.8) is 0 Å². The highest BCUT2D eigenvalue weighted by Gasteiger charge is 2.24. The molecule has 4 heteroatoms. The second-order valence-corrected chi connectivity index (χ2v) is 4.50. The Kier molecular flexibility index (Phi) is 4.54. The van der Waals surface area contributed by atoms with E-state index in [1.54, 1.807) is 4.90 Å². The number of rotatable bonds is 3. The third kappa shape index (κ3) is 3.47. The van der Waals surface area contributed by atoms with E-state index >= 15 is 0 Å². The molecule has 0 aromatic rings.